The summed E-state index contributed by atoms with van der Waals surface area (Å²) in [7, 11) is 2.13. The average molecular weight is 392 g/mol. The van der Waals surface area contributed by atoms with Gasteiger partial charge in [0, 0.05) is 5.57 Å². The molecule has 4 rings (SSSR count). The van der Waals surface area contributed by atoms with Gasteiger partial charge >= 0.3 is 0 Å². The highest BCUT2D eigenvalue weighted by Crippen LogP contribution is 2.48. The number of hydrogen-bond acceptors (Lipinski definition) is 4. The average Bonchev–Trinajstić information content (AvgIpc) is 3.36. The fourth-order valence-corrected chi connectivity index (χ4v) is 4.20. The number of hydrogen-bond donors (Lipinski definition) is 0. The van der Waals surface area contributed by atoms with E-state index in [1.807, 2.05) is 13.0 Å². The second-order valence-corrected chi connectivity index (χ2v) is 7.62. The highest BCUT2D eigenvalue weighted by Gasteiger charge is 2.42. The van der Waals surface area contributed by atoms with Crippen molar-refractivity contribution < 1.29 is 14.2 Å². The van der Waals surface area contributed by atoms with Gasteiger partial charge in [-0.2, -0.15) is 0 Å². The molecular weight excluding hydrogens is 362 g/mol. The Morgan fingerprint density at radius 2 is 1.55 bits per heavy atom. The molecule has 0 N–H and O–H groups in total. The predicted octanol–water partition coefficient (Wildman–Crippen LogP) is 4.59. The SMILES string of the molecule is CCOC1=CC(C)(N(C)CC2OCCO2)C(c2ccccc2)=C1c1ccccc1. The van der Waals surface area contributed by atoms with Gasteiger partial charge < -0.3 is 14.2 Å². The fourth-order valence-electron chi connectivity index (χ4n) is 4.20. The molecular formula is C25H29NO3. The first-order valence-electron chi connectivity index (χ1n) is 10.3. The molecule has 4 nitrogen and oxygen atoms in total. The molecule has 1 atom stereocenters. The molecule has 1 aliphatic carbocycles. The maximum atomic E-state index is 6.15. The number of rotatable bonds is 7. The van der Waals surface area contributed by atoms with Gasteiger partial charge in [0.05, 0.1) is 31.9 Å². The Balaban J connectivity index is 1.85. The van der Waals surface area contributed by atoms with Crippen LogP contribution in [0.25, 0.3) is 11.1 Å². The first-order valence-corrected chi connectivity index (χ1v) is 10.3. The third-order valence-corrected chi connectivity index (χ3v) is 5.75. The van der Waals surface area contributed by atoms with Crippen molar-refractivity contribution >= 4 is 11.1 Å². The van der Waals surface area contributed by atoms with Crippen LogP contribution in [0.3, 0.4) is 0 Å². The van der Waals surface area contributed by atoms with Crippen LogP contribution in [0.15, 0.2) is 72.5 Å². The van der Waals surface area contributed by atoms with E-state index in [0.29, 0.717) is 26.4 Å². The molecule has 1 fully saturated rings. The van der Waals surface area contributed by atoms with Crippen LogP contribution in [0, 0.1) is 0 Å². The van der Waals surface area contributed by atoms with Gasteiger partial charge in [-0.05, 0) is 43.7 Å². The Labute approximate surface area is 173 Å². The van der Waals surface area contributed by atoms with Crippen molar-refractivity contribution in [3.05, 3.63) is 83.6 Å². The van der Waals surface area contributed by atoms with Gasteiger partial charge in [0.2, 0.25) is 0 Å². The van der Waals surface area contributed by atoms with Crippen molar-refractivity contribution in [2.45, 2.75) is 25.7 Å². The predicted molar refractivity (Wildman–Crippen MR) is 116 cm³/mol. The van der Waals surface area contributed by atoms with Gasteiger partial charge in [0.25, 0.3) is 0 Å². The highest BCUT2D eigenvalue weighted by molar-refractivity contribution is 6.04. The van der Waals surface area contributed by atoms with E-state index < -0.39 is 0 Å². The lowest BCUT2D eigenvalue weighted by Crippen LogP contribution is -2.46. The first-order chi connectivity index (χ1) is 14.1. The van der Waals surface area contributed by atoms with E-state index in [0.717, 1.165) is 16.9 Å². The zero-order valence-electron chi connectivity index (χ0n) is 17.4. The lowest BCUT2D eigenvalue weighted by Gasteiger charge is -2.38. The van der Waals surface area contributed by atoms with Gasteiger partial charge in [0.1, 0.15) is 5.76 Å². The molecule has 2 aliphatic rings. The lowest BCUT2D eigenvalue weighted by molar-refractivity contribution is -0.0646. The van der Waals surface area contributed by atoms with E-state index in [4.69, 9.17) is 14.2 Å². The van der Waals surface area contributed by atoms with E-state index in [-0.39, 0.29) is 11.8 Å². The number of benzene rings is 2. The Hall–Kier alpha value is -2.40. The zero-order chi connectivity index (χ0) is 20.3. The van der Waals surface area contributed by atoms with Gasteiger partial charge in [-0.3, -0.25) is 4.90 Å². The summed E-state index contributed by atoms with van der Waals surface area (Å²) in [6.07, 6.45) is 2.05. The molecule has 4 heteroatoms. The van der Waals surface area contributed by atoms with E-state index in [1.165, 1.54) is 11.1 Å². The quantitative estimate of drug-likeness (QED) is 0.690. The van der Waals surface area contributed by atoms with Crippen molar-refractivity contribution in [3.63, 3.8) is 0 Å². The van der Waals surface area contributed by atoms with E-state index in [9.17, 15) is 0 Å². The summed E-state index contributed by atoms with van der Waals surface area (Å²) in [5, 5.41) is 0. The lowest BCUT2D eigenvalue weighted by atomic mass is 9.85. The molecule has 1 aliphatic heterocycles. The Kier molecular flexibility index (Phi) is 5.86. The molecule has 1 unspecified atom stereocenters. The molecule has 0 amide bonds. The largest absolute Gasteiger partial charge is 0.493 e. The standard InChI is InChI=1S/C25H29NO3/c1-4-27-21-17-25(2,26(3)18-22-28-15-16-29-22)24(20-13-9-6-10-14-20)23(21)19-11-7-5-8-12-19/h5-14,17,22H,4,15-16,18H2,1-3H3. The van der Waals surface area contributed by atoms with Gasteiger partial charge in [0.15, 0.2) is 6.29 Å². The summed E-state index contributed by atoms with van der Waals surface area (Å²) in [6, 6.07) is 21.1. The molecule has 0 radical (unpaired) electrons. The van der Waals surface area contributed by atoms with Crippen LogP contribution >= 0.6 is 0 Å². The minimum absolute atomic E-state index is 0.196. The van der Waals surface area contributed by atoms with Crippen molar-refractivity contribution in [2.75, 3.05) is 33.4 Å². The molecule has 0 saturated carbocycles. The van der Waals surface area contributed by atoms with Crippen LogP contribution in [-0.4, -0.2) is 50.1 Å². The van der Waals surface area contributed by atoms with Crippen LogP contribution in [0.2, 0.25) is 0 Å². The van der Waals surface area contributed by atoms with E-state index in [1.54, 1.807) is 0 Å². The summed E-state index contributed by atoms with van der Waals surface area (Å²) >= 11 is 0. The highest BCUT2D eigenvalue weighted by atomic mass is 16.7. The van der Waals surface area contributed by atoms with Crippen LogP contribution < -0.4 is 0 Å². The molecule has 1 saturated heterocycles. The minimum Gasteiger partial charge on any atom is -0.493 e. The molecule has 0 spiro atoms. The molecule has 152 valence electrons. The molecule has 1 heterocycles. The third kappa shape index (κ3) is 3.88. The maximum absolute atomic E-state index is 6.15. The number of ether oxygens (including phenoxy) is 3. The Morgan fingerprint density at radius 3 is 2.14 bits per heavy atom. The Morgan fingerprint density at radius 1 is 0.966 bits per heavy atom. The Bertz CT molecular complexity index is 885. The molecule has 0 aromatic heterocycles. The van der Waals surface area contributed by atoms with E-state index in [2.05, 4.69) is 79.5 Å². The van der Waals surface area contributed by atoms with Gasteiger partial charge in [-0.15, -0.1) is 0 Å². The van der Waals surface area contributed by atoms with Gasteiger partial charge in [-0.25, -0.2) is 0 Å². The molecule has 0 bridgehead atoms. The number of likely N-dealkylation sites (N-methyl/N-ethyl adjacent to an activating group) is 1. The molecule has 2 aromatic carbocycles. The van der Waals surface area contributed by atoms with Crippen molar-refractivity contribution in [3.8, 4) is 0 Å². The summed E-state index contributed by atoms with van der Waals surface area (Å²) in [5.74, 6) is 0.931. The number of allylic oxidation sites excluding steroid dienone is 1. The van der Waals surface area contributed by atoms with Gasteiger partial charge in [-0.1, -0.05) is 60.7 Å². The minimum atomic E-state index is -0.355. The second-order valence-electron chi connectivity index (χ2n) is 7.62. The second kappa shape index (κ2) is 8.54. The number of nitrogens with zero attached hydrogens (tertiary/aromatic N) is 1. The maximum Gasteiger partial charge on any atom is 0.170 e. The summed E-state index contributed by atoms with van der Waals surface area (Å²) in [6.45, 7) is 6.91. The summed E-state index contributed by atoms with van der Waals surface area (Å²) in [4.78, 5) is 2.31. The van der Waals surface area contributed by atoms with Crippen LogP contribution in [0.5, 0.6) is 0 Å². The molecule has 29 heavy (non-hydrogen) atoms. The first kappa shape index (κ1) is 19.9. The smallest absolute Gasteiger partial charge is 0.170 e. The topological polar surface area (TPSA) is 30.9 Å². The van der Waals surface area contributed by atoms with Crippen molar-refractivity contribution in [1.82, 2.24) is 4.90 Å². The van der Waals surface area contributed by atoms with Crippen molar-refractivity contribution in [1.29, 1.82) is 0 Å². The van der Waals surface area contributed by atoms with E-state index >= 15 is 0 Å². The third-order valence-electron chi connectivity index (χ3n) is 5.75. The molecule has 2 aromatic rings. The van der Waals surface area contributed by atoms with Crippen molar-refractivity contribution in [2.24, 2.45) is 0 Å². The normalized spacial score (nSPS) is 22.4. The van der Waals surface area contributed by atoms with Crippen LogP contribution in [0.4, 0.5) is 0 Å². The van der Waals surface area contributed by atoms with Crippen LogP contribution in [0.1, 0.15) is 25.0 Å². The van der Waals surface area contributed by atoms with Crippen LogP contribution in [-0.2, 0) is 14.2 Å². The zero-order valence-corrected chi connectivity index (χ0v) is 17.4. The summed E-state index contributed by atoms with van der Waals surface area (Å²) < 4.78 is 17.6. The fraction of sp³-hybridized carbons (Fsp3) is 0.360. The monoisotopic (exact) mass is 391 g/mol. The summed E-state index contributed by atoms with van der Waals surface area (Å²) in [5.41, 5.74) is 4.40.